The van der Waals surface area contributed by atoms with E-state index in [4.69, 9.17) is 4.98 Å². The Morgan fingerprint density at radius 2 is 2.10 bits per heavy atom. The topological polar surface area (TPSA) is 44.3 Å². The molecule has 0 radical (unpaired) electrons. The summed E-state index contributed by atoms with van der Waals surface area (Å²) in [5.41, 5.74) is 0. The molecule has 5 nitrogen and oxygen atoms in total. The molecule has 0 spiro atoms. The minimum Gasteiger partial charge on any atom is -0.373 e. The second-order valence-corrected chi connectivity index (χ2v) is 5.86. The standard InChI is InChI=1S/C15H27N5/c1-6-12-10-20(8-7-19(12)5)14-9-13(16-4)17-15(18-14)11(2)3/h9,11-12H,6-8,10H2,1-5H3,(H,16,17,18). The molecule has 1 aromatic rings. The van der Waals surface area contributed by atoms with Gasteiger partial charge in [0, 0.05) is 44.7 Å². The summed E-state index contributed by atoms with van der Waals surface area (Å²) >= 11 is 0. The van der Waals surface area contributed by atoms with Crippen LogP contribution in [0.5, 0.6) is 0 Å². The number of nitrogens with zero attached hydrogens (tertiary/aromatic N) is 4. The third-order valence-corrected chi connectivity index (χ3v) is 4.07. The number of piperazine rings is 1. The van der Waals surface area contributed by atoms with Crippen LogP contribution in [0, 0.1) is 0 Å². The van der Waals surface area contributed by atoms with Crippen LogP contribution in [0.25, 0.3) is 0 Å². The quantitative estimate of drug-likeness (QED) is 0.914. The van der Waals surface area contributed by atoms with Gasteiger partial charge in [-0.25, -0.2) is 9.97 Å². The van der Waals surface area contributed by atoms with Crippen molar-refractivity contribution < 1.29 is 0 Å². The SMILES string of the molecule is CCC1CN(c2cc(NC)nc(C(C)C)n2)CCN1C. The number of rotatable bonds is 4. The number of likely N-dealkylation sites (N-methyl/N-ethyl adjacent to an activating group) is 1. The van der Waals surface area contributed by atoms with Crippen molar-refractivity contribution in [3.05, 3.63) is 11.9 Å². The molecule has 0 bridgehead atoms. The van der Waals surface area contributed by atoms with Crippen LogP contribution in [0.3, 0.4) is 0 Å². The molecule has 2 rings (SSSR count). The van der Waals surface area contributed by atoms with E-state index in [0.29, 0.717) is 12.0 Å². The highest BCUT2D eigenvalue weighted by Gasteiger charge is 2.24. The molecule has 1 atom stereocenters. The van der Waals surface area contributed by atoms with E-state index in [1.165, 1.54) is 6.42 Å². The Kier molecular flexibility index (Phi) is 4.81. The highest BCUT2D eigenvalue weighted by atomic mass is 15.3. The van der Waals surface area contributed by atoms with Crippen molar-refractivity contribution in [3.63, 3.8) is 0 Å². The molecule has 1 fully saturated rings. The molecule has 2 heterocycles. The molecule has 20 heavy (non-hydrogen) atoms. The summed E-state index contributed by atoms with van der Waals surface area (Å²) in [6.45, 7) is 9.70. The predicted octanol–water partition coefficient (Wildman–Crippen LogP) is 2.17. The van der Waals surface area contributed by atoms with Gasteiger partial charge in [0.05, 0.1) is 0 Å². The second-order valence-electron chi connectivity index (χ2n) is 5.86. The van der Waals surface area contributed by atoms with E-state index in [2.05, 4.69) is 54.0 Å². The van der Waals surface area contributed by atoms with Crippen LogP contribution >= 0.6 is 0 Å². The van der Waals surface area contributed by atoms with Crippen molar-refractivity contribution in [1.82, 2.24) is 14.9 Å². The van der Waals surface area contributed by atoms with Crippen molar-refractivity contribution in [3.8, 4) is 0 Å². The summed E-state index contributed by atoms with van der Waals surface area (Å²) in [5.74, 6) is 3.22. The first kappa shape index (κ1) is 15.0. The van der Waals surface area contributed by atoms with Crippen LogP contribution in [0.2, 0.25) is 0 Å². The lowest BCUT2D eigenvalue weighted by Gasteiger charge is -2.39. The van der Waals surface area contributed by atoms with E-state index in [1.54, 1.807) is 0 Å². The maximum atomic E-state index is 4.75. The van der Waals surface area contributed by atoms with E-state index < -0.39 is 0 Å². The molecule has 1 aromatic heterocycles. The van der Waals surface area contributed by atoms with Gasteiger partial charge in [0.25, 0.3) is 0 Å². The van der Waals surface area contributed by atoms with Gasteiger partial charge in [0.15, 0.2) is 0 Å². The van der Waals surface area contributed by atoms with Gasteiger partial charge in [0.1, 0.15) is 17.5 Å². The number of anilines is 2. The lowest BCUT2D eigenvalue weighted by atomic mass is 10.1. The first-order valence-corrected chi connectivity index (χ1v) is 7.57. The summed E-state index contributed by atoms with van der Waals surface area (Å²) in [5, 5.41) is 3.15. The first-order valence-electron chi connectivity index (χ1n) is 7.57. The minimum atomic E-state index is 0.344. The predicted molar refractivity (Wildman–Crippen MR) is 84.6 cm³/mol. The van der Waals surface area contributed by atoms with Gasteiger partial charge >= 0.3 is 0 Å². The Bertz CT molecular complexity index is 446. The van der Waals surface area contributed by atoms with Crippen LogP contribution in [-0.2, 0) is 0 Å². The molecule has 0 saturated carbocycles. The van der Waals surface area contributed by atoms with Crippen molar-refractivity contribution in [2.24, 2.45) is 0 Å². The van der Waals surface area contributed by atoms with Crippen LogP contribution in [-0.4, -0.2) is 54.6 Å². The minimum absolute atomic E-state index is 0.344. The number of hydrogen-bond donors (Lipinski definition) is 1. The zero-order valence-corrected chi connectivity index (χ0v) is 13.3. The largest absolute Gasteiger partial charge is 0.373 e. The summed E-state index contributed by atoms with van der Waals surface area (Å²) in [6.07, 6.45) is 1.17. The fraction of sp³-hybridized carbons (Fsp3) is 0.733. The summed E-state index contributed by atoms with van der Waals surface area (Å²) in [4.78, 5) is 14.1. The van der Waals surface area contributed by atoms with Crippen molar-refractivity contribution in [2.45, 2.75) is 39.2 Å². The monoisotopic (exact) mass is 277 g/mol. The number of hydrogen-bond acceptors (Lipinski definition) is 5. The molecule has 0 aromatic carbocycles. The smallest absolute Gasteiger partial charge is 0.135 e. The first-order chi connectivity index (χ1) is 9.55. The van der Waals surface area contributed by atoms with Crippen LogP contribution in [0.4, 0.5) is 11.6 Å². The third kappa shape index (κ3) is 3.20. The Hall–Kier alpha value is -1.36. The zero-order chi connectivity index (χ0) is 14.7. The molecule has 0 aliphatic carbocycles. The van der Waals surface area contributed by atoms with Gasteiger partial charge in [-0.15, -0.1) is 0 Å². The lowest BCUT2D eigenvalue weighted by molar-refractivity contribution is 0.213. The molecule has 1 N–H and O–H groups in total. The van der Waals surface area contributed by atoms with E-state index in [9.17, 15) is 0 Å². The molecule has 0 amide bonds. The normalized spacial score (nSPS) is 20.5. The lowest BCUT2D eigenvalue weighted by Crippen LogP contribution is -2.51. The summed E-state index contributed by atoms with van der Waals surface area (Å²) in [6, 6.07) is 2.67. The van der Waals surface area contributed by atoms with Crippen LogP contribution in [0.15, 0.2) is 6.07 Å². The van der Waals surface area contributed by atoms with Gasteiger partial charge in [0.2, 0.25) is 0 Å². The van der Waals surface area contributed by atoms with Crippen molar-refractivity contribution in [2.75, 3.05) is 43.9 Å². The maximum absolute atomic E-state index is 4.75. The Morgan fingerprint density at radius 3 is 2.70 bits per heavy atom. The fourth-order valence-corrected chi connectivity index (χ4v) is 2.60. The van der Waals surface area contributed by atoms with E-state index in [0.717, 1.165) is 37.1 Å². The van der Waals surface area contributed by atoms with E-state index >= 15 is 0 Å². The van der Waals surface area contributed by atoms with Gasteiger partial charge in [-0.2, -0.15) is 0 Å². The Balaban J connectivity index is 2.25. The maximum Gasteiger partial charge on any atom is 0.135 e. The van der Waals surface area contributed by atoms with Gasteiger partial charge < -0.3 is 10.2 Å². The molecule has 1 unspecified atom stereocenters. The highest BCUT2D eigenvalue weighted by molar-refractivity contribution is 5.50. The van der Waals surface area contributed by atoms with Crippen LogP contribution < -0.4 is 10.2 Å². The van der Waals surface area contributed by atoms with Crippen molar-refractivity contribution >= 4 is 11.6 Å². The molecular weight excluding hydrogens is 250 g/mol. The Morgan fingerprint density at radius 1 is 1.35 bits per heavy atom. The Labute approximate surface area is 122 Å². The highest BCUT2D eigenvalue weighted by Crippen LogP contribution is 2.22. The average Bonchev–Trinajstić information content (AvgIpc) is 2.47. The van der Waals surface area contributed by atoms with Gasteiger partial charge in [-0.05, 0) is 13.5 Å². The van der Waals surface area contributed by atoms with E-state index in [-0.39, 0.29) is 0 Å². The second kappa shape index (κ2) is 6.39. The fourth-order valence-electron chi connectivity index (χ4n) is 2.60. The van der Waals surface area contributed by atoms with Gasteiger partial charge in [-0.3, -0.25) is 4.90 Å². The molecular formula is C15H27N5. The summed E-state index contributed by atoms with van der Waals surface area (Å²) < 4.78 is 0. The molecule has 5 heteroatoms. The van der Waals surface area contributed by atoms with Crippen LogP contribution in [0.1, 0.15) is 38.9 Å². The van der Waals surface area contributed by atoms with Gasteiger partial charge in [-0.1, -0.05) is 20.8 Å². The molecule has 1 aliphatic heterocycles. The molecule has 1 aliphatic rings. The average molecular weight is 277 g/mol. The number of aromatic nitrogens is 2. The molecule has 1 saturated heterocycles. The zero-order valence-electron chi connectivity index (χ0n) is 13.3. The van der Waals surface area contributed by atoms with E-state index in [1.807, 2.05) is 7.05 Å². The van der Waals surface area contributed by atoms with Crippen molar-refractivity contribution in [1.29, 1.82) is 0 Å². The summed E-state index contributed by atoms with van der Waals surface area (Å²) in [7, 11) is 4.12. The third-order valence-electron chi connectivity index (χ3n) is 4.07. The number of nitrogens with one attached hydrogen (secondary N) is 1. The molecule has 112 valence electrons.